The Morgan fingerprint density at radius 3 is 2.50 bits per heavy atom. The maximum atomic E-state index is 10.0. The third kappa shape index (κ3) is 2.50. The maximum absolute atomic E-state index is 10.0. The summed E-state index contributed by atoms with van der Waals surface area (Å²) < 4.78 is 0. The quantitative estimate of drug-likeness (QED) is 0.742. The van der Waals surface area contributed by atoms with Gasteiger partial charge in [-0.15, -0.1) is 0 Å². The Bertz CT molecular complexity index is 479. The molecule has 0 aliphatic carbocycles. The van der Waals surface area contributed by atoms with Gasteiger partial charge in [-0.3, -0.25) is 4.90 Å². The highest BCUT2D eigenvalue weighted by molar-refractivity contribution is 5.40. The van der Waals surface area contributed by atoms with E-state index >= 15 is 0 Å². The van der Waals surface area contributed by atoms with Crippen molar-refractivity contribution in [2.24, 2.45) is 0 Å². The Kier molecular flexibility index (Phi) is 3.61. The van der Waals surface area contributed by atoms with E-state index < -0.39 is 0 Å². The molecule has 1 aromatic carbocycles. The summed E-state index contributed by atoms with van der Waals surface area (Å²) in [7, 11) is 2.13. The second-order valence-corrected chi connectivity index (χ2v) is 6.35. The molecule has 2 fully saturated rings. The summed E-state index contributed by atoms with van der Waals surface area (Å²) in [6, 6.07) is 6.73. The van der Waals surface area contributed by atoms with Crippen LogP contribution in [0.1, 0.15) is 44.2 Å². The van der Waals surface area contributed by atoms with Crippen LogP contribution in [0.3, 0.4) is 0 Å². The molecule has 1 aromatic rings. The third-order valence-electron chi connectivity index (χ3n) is 5.10. The van der Waals surface area contributed by atoms with Gasteiger partial charge in [-0.25, -0.2) is 0 Å². The molecule has 2 aliphatic heterocycles. The second-order valence-electron chi connectivity index (χ2n) is 6.35. The van der Waals surface area contributed by atoms with Crippen molar-refractivity contribution < 1.29 is 10.2 Å². The van der Waals surface area contributed by atoms with Crippen LogP contribution >= 0.6 is 0 Å². The lowest BCUT2D eigenvalue weighted by molar-refractivity contribution is 0.131. The van der Waals surface area contributed by atoms with E-state index in [0.29, 0.717) is 18.1 Å². The number of aromatic hydroxyl groups is 2. The number of rotatable bonds is 3. The van der Waals surface area contributed by atoms with Gasteiger partial charge < -0.3 is 15.5 Å². The molecule has 4 heteroatoms. The molecule has 0 radical (unpaired) electrons. The van der Waals surface area contributed by atoms with Gasteiger partial charge in [0.15, 0.2) is 0 Å². The van der Waals surface area contributed by atoms with Crippen LogP contribution in [-0.4, -0.2) is 40.3 Å². The molecule has 2 saturated heterocycles. The van der Waals surface area contributed by atoms with Crippen molar-refractivity contribution in [2.45, 2.75) is 56.8 Å². The van der Waals surface area contributed by atoms with Crippen LogP contribution in [0, 0.1) is 0 Å². The fourth-order valence-electron chi connectivity index (χ4n) is 3.77. The molecule has 3 unspecified atom stereocenters. The van der Waals surface area contributed by atoms with Gasteiger partial charge in [0.1, 0.15) is 11.5 Å². The van der Waals surface area contributed by atoms with Crippen LogP contribution in [0.4, 0.5) is 0 Å². The fourth-order valence-corrected chi connectivity index (χ4v) is 3.77. The normalized spacial score (nSPS) is 30.6. The Morgan fingerprint density at radius 1 is 1.20 bits per heavy atom. The monoisotopic (exact) mass is 276 g/mol. The summed E-state index contributed by atoms with van der Waals surface area (Å²) in [5.41, 5.74) is 0.804. The first-order valence-electron chi connectivity index (χ1n) is 7.54. The van der Waals surface area contributed by atoms with E-state index in [1.807, 2.05) is 0 Å². The molecule has 110 valence electrons. The number of fused-ring (bicyclic) bond motifs is 2. The summed E-state index contributed by atoms with van der Waals surface area (Å²) in [4.78, 5) is 2.35. The van der Waals surface area contributed by atoms with Crippen molar-refractivity contribution in [1.29, 1.82) is 0 Å². The molecular formula is C16H24N2O2. The summed E-state index contributed by atoms with van der Waals surface area (Å²) in [6.07, 6.45) is 4.94. The van der Waals surface area contributed by atoms with Crippen molar-refractivity contribution in [2.75, 3.05) is 7.05 Å². The van der Waals surface area contributed by atoms with Gasteiger partial charge >= 0.3 is 0 Å². The highest BCUT2D eigenvalue weighted by Gasteiger charge is 2.36. The fraction of sp³-hybridized carbons (Fsp3) is 0.625. The van der Waals surface area contributed by atoms with E-state index in [4.69, 9.17) is 0 Å². The minimum atomic E-state index is 0.101. The first-order valence-corrected chi connectivity index (χ1v) is 7.54. The summed E-state index contributed by atoms with van der Waals surface area (Å²) in [6.45, 7) is 2.10. The number of nitrogens with zero attached hydrogens (tertiary/aromatic N) is 1. The van der Waals surface area contributed by atoms with Gasteiger partial charge in [-0.2, -0.15) is 0 Å². The number of phenols is 2. The van der Waals surface area contributed by atoms with Crippen LogP contribution in [0.15, 0.2) is 18.2 Å². The first kappa shape index (κ1) is 13.7. The minimum absolute atomic E-state index is 0.101. The largest absolute Gasteiger partial charge is 0.508 e. The number of piperidine rings is 1. The topological polar surface area (TPSA) is 55.7 Å². The number of hydrogen-bond acceptors (Lipinski definition) is 4. The lowest BCUT2D eigenvalue weighted by atomic mass is 9.95. The van der Waals surface area contributed by atoms with Crippen LogP contribution < -0.4 is 5.32 Å². The van der Waals surface area contributed by atoms with Gasteiger partial charge in [-0.1, -0.05) is 0 Å². The molecule has 0 amide bonds. The standard InChI is InChI=1S/C16H24N2O2/c1-10(15-9-14(19)5-6-16(15)20)18(2)13-7-11-3-4-12(8-13)17-11/h5-6,9-13,17,19-20H,3-4,7-8H2,1-2H3. The lowest BCUT2D eigenvalue weighted by Crippen LogP contribution is -2.47. The van der Waals surface area contributed by atoms with Crippen molar-refractivity contribution >= 4 is 0 Å². The van der Waals surface area contributed by atoms with Crippen LogP contribution in [0.25, 0.3) is 0 Å². The Balaban J connectivity index is 1.76. The van der Waals surface area contributed by atoms with E-state index in [9.17, 15) is 10.2 Å². The molecule has 2 bridgehead atoms. The van der Waals surface area contributed by atoms with Gasteiger partial charge in [-0.05, 0) is 57.9 Å². The van der Waals surface area contributed by atoms with E-state index in [0.717, 1.165) is 5.56 Å². The summed E-state index contributed by atoms with van der Waals surface area (Å²) >= 11 is 0. The van der Waals surface area contributed by atoms with Crippen molar-refractivity contribution in [3.05, 3.63) is 23.8 Å². The van der Waals surface area contributed by atoms with E-state index in [1.165, 1.54) is 31.7 Å². The van der Waals surface area contributed by atoms with Gasteiger partial charge in [0.05, 0.1) is 0 Å². The Labute approximate surface area is 120 Å². The number of hydrogen-bond donors (Lipinski definition) is 3. The maximum Gasteiger partial charge on any atom is 0.120 e. The summed E-state index contributed by atoms with van der Waals surface area (Å²) in [5, 5.41) is 23.3. The van der Waals surface area contributed by atoms with Gasteiger partial charge in [0.25, 0.3) is 0 Å². The average Bonchev–Trinajstić information content (AvgIpc) is 2.78. The molecule has 3 N–H and O–H groups in total. The molecule has 0 aromatic heterocycles. The molecule has 2 aliphatic rings. The Hall–Kier alpha value is -1.26. The van der Waals surface area contributed by atoms with Crippen molar-refractivity contribution in [3.63, 3.8) is 0 Å². The molecular weight excluding hydrogens is 252 g/mol. The number of phenolic OH excluding ortho intramolecular Hbond substituents is 2. The van der Waals surface area contributed by atoms with Crippen LogP contribution in [-0.2, 0) is 0 Å². The van der Waals surface area contributed by atoms with E-state index in [1.54, 1.807) is 12.1 Å². The van der Waals surface area contributed by atoms with E-state index in [2.05, 4.69) is 24.2 Å². The predicted octanol–water partition coefficient (Wildman–Crippen LogP) is 2.37. The third-order valence-corrected chi connectivity index (χ3v) is 5.10. The van der Waals surface area contributed by atoms with Crippen LogP contribution in [0.5, 0.6) is 11.5 Å². The predicted molar refractivity (Wildman–Crippen MR) is 78.9 cm³/mol. The molecule has 0 spiro atoms. The highest BCUT2D eigenvalue weighted by atomic mass is 16.3. The van der Waals surface area contributed by atoms with E-state index in [-0.39, 0.29) is 17.5 Å². The van der Waals surface area contributed by atoms with Crippen molar-refractivity contribution in [1.82, 2.24) is 10.2 Å². The van der Waals surface area contributed by atoms with Crippen molar-refractivity contribution in [3.8, 4) is 11.5 Å². The zero-order valence-electron chi connectivity index (χ0n) is 12.2. The smallest absolute Gasteiger partial charge is 0.120 e. The highest BCUT2D eigenvalue weighted by Crippen LogP contribution is 2.36. The molecule has 0 saturated carbocycles. The number of nitrogens with one attached hydrogen (secondary N) is 1. The summed E-state index contributed by atoms with van der Waals surface area (Å²) in [5.74, 6) is 0.475. The Morgan fingerprint density at radius 2 is 1.85 bits per heavy atom. The van der Waals surface area contributed by atoms with Crippen LogP contribution in [0.2, 0.25) is 0 Å². The average molecular weight is 276 g/mol. The molecule has 3 rings (SSSR count). The lowest BCUT2D eigenvalue weighted by Gasteiger charge is -2.39. The zero-order valence-corrected chi connectivity index (χ0v) is 12.2. The minimum Gasteiger partial charge on any atom is -0.508 e. The first-order chi connectivity index (χ1) is 9.54. The number of benzene rings is 1. The van der Waals surface area contributed by atoms with Gasteiger partial charge in [0.2, 0.25) is 0 Å². The molecule has 2 heterocycles. The SMILES string of the molecule is CC(c1cc(O)ccc1O)N(C)C1CC2CCC(C1)N2. The molecule has 4 nitrogen and oxygen atoms in total. The molecule has 3 atom stereocenters. The molecule has 20 heavy (non-hydrogen) atoms. The zero-order chi connectivity index (χ0) is 14.3. The van der Waals surface area contributed by atoms with Gasteiger partial charge in [0, 0.05) is 29.7 Å². The second kappa shape index (κ2) is 5.26.